The maximum atomic E-state index is 13.6. The first-order chi connectivity index (χ1) is 16.4. The van der Waals surface area contributed by atoms with Gasteiger partial charge in [-0.15, -0.1) is 11.3 Å². The number of thiazole rings is 1. The van der Waals surface area contributed by atoms with Crippen LogP contribution in [0.1, 0.15) is 55.7 Å². The van der Waals surface area contributed by atoms with Gasteiger partial charge in [0.05, 0.1) is 5.69 Å². The number of carbonyl (C=O) groups is 1. The second-order valence-corrected chi connectivity index (χ2v) is 11.4. The van der Waals surface area contributed by atoms with Crippen molar-refractivity contribution >= 4 is 33.9 Å². The fourth-order valence-electron chi connectivity index (χ4n) is 3.99. The smallest absolute Gasteiger partial charge is 0.332 e. The number of nitrogen functional groups attached to an aromatic ring is 1. The highest BCUT2D eigenvalue weighted by Crippen LogP contribution is 2.34. The van der Waals surface area contributed by atoms with Crippen molar-refractivity contribution in [3.63, 3.8) is 0 Å². The molecule has 0 bridgehead atoms. The summed E-state index contributed by atoms with van der Waals surface area (Å²) in [6.07, 6.45) is 0.511. The lowest BCUT2D eigenvalue weighted by Gasteiger charge is -2.17. The van der Waals surface area contributed by atoms with E-state index in [9.17, 15) is 14.4 Å². The van der Waals surface area contributed by atoms with E-state index in [0.717, 1.165) is 21.3 Å². The topological polar surface area (TPSA) is 113 Å². The van der Waals surface area contributed by atoms with Gasteiger partial charge < -0.3 is 10.2 Å². The van der Waals surface area contributed by atoms with Gasteiger partial charge in [0.15, 0.2) is 5.76 Å². The zero-order valence-corrected chi connectivity index (χ0v) is 21.7. The molecule has 4 rings (SSSR count). The molecule has 3 heterocycles. The first-order valence-corrected chi connectivity index (χ1v) is 12.3. The third-order valence-corrected chi connectivity index (χ3v) is 6.71. The van der Waals surface area contributed by atoms with Gasteiger partial charge in [0.25, 0.3) is 5.56 Å². The molecule has 3 aromatic heterocycles. The van der Waals surface area contributed by atoms with E-state index in [2.05, 4.69) is 20.8 Å². The Labute approximate surface area is 207 Å². The highest BCUT2D eigenvalue weighted by molar-refractivity contribution is 7.17. The molecule has 0 unspecified atom stereocenters. The summed E-state index contributed by atoms with van der Waals surface area (Å²) in [6.45, 7) is 10.4. The van der Waals surface area contributed by atoms with Gasteiger partial charge in [-0.2, -0.15) is 0 Å². The molecule has 0 amide bonds. The van der Waals surface area contributed by atoms with Gasteiger partial charge in [0.1, 0.15) is 26.8 Å². The lowest BCUT2D eigenvalue weighted by molar-refractivity contribution is 0.101. The second kappa shape index (κ2) is 8.96. The van der Waals surface area contributed by atoms with E-state index in [0.29, 0.717) is 34.1 Å². The normalized spacial score (nSPS) is 12.1. The summed E-state index contributed by atoms with van der Waals surface area (Å²) in [5.74, 6) is 0.112. The number of benzene rings is 1. The van der Waals surface area contributed by atoms with E-state index in [1.54, 1.807) is 6.07 Å². The van der Waals surface area contributed by atoms with Crippen LogP contribution in [0.15, 0.2) is 44.3 Å². The summed E-state index contributed by atoms with van der Waals surface area (Å²) >= 11 is 1.11. The number of para-hydroxylation sites is 1. The minimum absolute atomic E-state index is 0.0607. The molecular formula is C26H30N4O4S. The first kappa shape index (κ1) is 24.7. The molecule has 35 heavy (non-hydrogen) atoms. The minimum Gasteiger partial charge on any atom is -0.453 e. The van der Waals surface area contributed by atoms with Crippen LogP contribution >= 0.6 is 11.3 Å². The number of nitrogens with zero attached hydrogens (tertiary/aromatic N) is 3. The van der Waals surface area contributed by atoms with Crippen molar-refractivity contribution in [1.29, 1.82) is 0 Å². The number of furan rings is 1. The molecule has 9 heteroatoms. The number of anilines is 1. The predicted octanol–water partition coefficient (Wildman–Crippen LogP) is 4.47. The zero-order chi connectivity index (χ0) is 25.7. The molecule has 0 aliphatic heterocycles. The van der Waals surface area contributed by atoms with Gasteiger partial charge in [0, 0.05) is 19.0 Å². The first-order valence-electron chi connectivity index (χ1n) is 11.5. The van der Waals surface area contributed by atoms with Crippen molar-refractivity contribution in [2.24, 2.45) is 18.4 Å². The van der Waals surface area contributed by atoms with E-state index in [-0.39, 0.29) is 34.3 Å². The summed E-state index contributed by atoms with van der Waals surface area (Å²) in [5, 5.41) is 1.15. The zero-order valence-electron chi connectivity index (χ0n) is 20.8. The van der Waals surface area contributed by atoms with E-state index >= 15 is 0 Å². The third-order valence-electron chi connectivity index (χ3n) is 5.60. The lowest BCUT2D eigenvalue weighted by Crippen LogP contribution is -2.41. The second-order valence-electron chi connectivity index (χ2n) is 10.4. The molecule has 0 aliphatic rings. The van der Waals surface area contributed by atoms with Crippen LogP contribution in [-0.4, -0.2) is 19.9 Å². The minimum atomic E-state index is -0.536. The largest absolute Gasteiger partial charge is 0.453 e. The highest BCUT2D eigenvalue weighted by atomic mass is 32.1. The molecule has 0 radical (unpaired) electrons. The van der Waals surface area contributed by atoms with Crippen LogP contribution in [0.3, 0.4) is 0 Å². The maximum Gasteiger partial charge on any atom is 0.332 e. The fourth-order valence-corrected chi connectivity index (χ4v) is 5.06. The number of fused-ring (bicyclic) bond motifs is 1. The van der Waals surface area contributed by atoms with Crippen LogP contribution in [-0.2, 0) is 20.0 Å². The molecule has 2 N–H and O–H groups in total. The number of rotatable bonds is 6. The van der Waals surface area contributed by atoms with Gasteiger partial charge in [-0.25, -0.2) is 9.78 Å². The van der Waals surface area contributed by atoms with Gasteiger partial charge in [-0.05, 0) is 29.9 Å². The summed E-state index contributed by atoms with van der Waals surface area (Å²) in [6, 6.07) is 9.13. The van der Waals surface area contributed by atoms with E-state index < -0.39 is 11.2 Å². The highest BCUT2D eigenvalue weighted by Gasteiger charge is 2.28. The van der Waals surface area contributed by atoms with Crippen molar-refractivity contribution in [1.82, 2.24) is 14.1 Å². The lowest BCUT2D eigenvalue weighted by atomic mass is 9.90. The molecule has 0 saturated heterocycles. The van der Waals surface area contributed by atoms with Crippen LogP contribution in [0.4, 0.5) is 5.82 Å². The average Bonchev–Trinajstić information content (AvgIpc) is 3.38. The van der Waals surface area contributed by atoms with Crippen LogP contribution in [0.25, 0.3) is 21.5 Å². The van der Waals surface area contributed by atoms with Crippen LogP contribution < -0.4 is 17.0 Å². The Morgan fingerprint density at radius 2 is 1.89 bits per heavy atom. The molecule has 0 fully saturated rings. The Bertz CT molecular complexity index is 1510. The Hall–Kier alpha value is -3.46. The Morgan fingerprint density at radius 3 is 2.51 bits per heavy atom. The molecular weight excluding hydrogens is 464 g/mol. The summed E-state index contributed by atoms with van der Waals surface area (Å²) in [5.41, 5.74) is 6.53. The van der Waals surface area contributed by atoms with E-state index in [4.69, 9.17) is 15.1 Å². The quantitative estimate of drug-likeness (QED) is 0.396. The molecule has 0 atom stereocenters. The van der Waals surface area contributed by atoms with Crippen LogP contribution in [0.5, 0.6) is 0 Å². The van der Waals surface area contributed by atoms with Crippen molar-refractivity contribution < 1.29 is 9.21 Å². The number of ketones is 1. The van der Waals surface area contributed by atoms with Gasteiger partial charge in [-0.1, -0.05) is 52.8 Å². The molecule has 0 spiro atoms. The molecule has 0 saturated carbocycles. The molecule has 1 aromatic carbocycles. The monoisotopic (exact) mass is 494 g/mol. The van der Waals surface area contributed by atoms with Crippen molar-refractivity contribution in [3.05, 3.63) is 67.5 Å². The molecule has 184 valence electrons. The summed E-state index contributed by atoms with van der Waals surface area (Å²) < 4.78 is 8.26. The number of hydrogen-bond donors (Lipinski definition) is 1. The fraction of sp³-hybridized carbons (Fsp3) is 0.385. The Kier molecular flexibility index (Phi) is 6.31. The van der Waals surface area contributed by atoms with E-state index in [1.807, 2.05) is 38.1 Å². The van der Waals surface area contributed by atoms with Gasteiger partial charge >= 0.3 is 5.69 Å². The van der Waals surface area contributed by atoms with Crippen LogP contribution in [0.2, 0.25) is 0 Å². The number of nitrogens with two attached hydrogens (primary N) is 1. The Morgan fingerprint density at radius 1 is 1.20 bits per heavy atom. The summed E-state index contributed by atoms with van der Waals surface area (Å²) in [7, 11) is 1.43. The Balaban J connectivity index is 1.92. The molecule has 0 aliphatic carbocycles. The summed E-state index contributed by atoms with van der Waals surface area (Å²) in [4.78, 5) is 44.6. The third kappa shape index (κ3) is 4.73. The van der Waals surface area contributed by atoms with E-state index in [1.165, 1.54) is 11.6 Å². The van der Waals surface area contributed by atoms with Crippen molar-refractivity contribution in [2.45, 2.75) is 47.6 Å². The standard InChI is InChI=1S/C26H30N4O4S/c1-14(2)13-30-22(27)19(24(32)29(6)25(30)33)23-28-16(12-26(3,4)5)21(35-23)20(31)18-11-15-9-7-8-10-17(15)34-18/h7-11,14H,12-13,27H2,1-6H3. The van der Waals surface area contributed by atoms with Crippen LogP contribution in [0, 0.1) is 11.3 Å². The van der Waals surface area contributed by atoms with Crippen molar-refractivity contribution in [3.8, 4) is 10.6 Å². The number of carbonyl (C=O) groups excluding carboxylic acids is 1. The maximum absolute atomic E-state index is 13.6. The van der Waals surface area contributed by atoms with Gasteiger partial charge in [0.2, 0.25) is 5.78 Å². The SMILES string of the molecule is CC(C)Cn1c(N)c(-c2nc(CC(C)(C)C)c(C(=O)c3cc4ccccc4o3)s2)c(=O)n(C)c1=O. The molecule has 8 nitrogen and oxygen atoms in total. The average molecular weight is 495 g/mol. The predicted molar refractivity (Wildman–Crippen MR) is 139 cm³/mol. The van der Waals surface area contributed by atoms with Crippen molar-refractivity contribution in [2.75, 3.05) is 5.73 Å². The van der Waals surface area contributed by atoms with Gasteiger partial charge in [-0.3, -0.25) is 18.7 Å². The number of hydrogen-bond acceptors (Lipinski definition) is 7. The molecule has 4 aromatic rings. The number of aromatic nitrogens is 3.